The molecule has 0 unspecified atom stereocenters. The van der Waals surface area contributed by atoms with Gasteiger partial charge in [-0.15, -0.1) is 0 Å². The molecule has 0 bridgehead atoms. The quantitative estimate of drug-likeness (QED) is 0.870. The monoisotopic (exact) mass is 258 g/mol. The Kier molecular flexibility index (Phi) is 3.92. The molecule has 19 heavy (non-hydrogen) atoms. The first kappa shape index (κ1) is 12.8. The van der Waals surface area contributed by atoms with Crippen LogP contribution in [0.15, 0.2) is 43.0 Å². The number of aromatic nitrogens is 2. The molecule has 2 N–H and O–H groups in total. The predicted octanol–water partition coefficient (Wildman–Crippen LogP) is 1.25. The van der Waals surface area contributed by atoms with Crippen LogP contribution >= 0.6 is 0 Å². The number of likely N-dealkylation sites (N-methyl/N-ethyl adjacent to an activating group) is 1. The van der Waals surface area contributed by atoms with E-state index in [9.17, 15) is 9.59 Å². The fraction of sp³-hybridized carbons (Fsp3) is 0.154. The number of benzene rings is 1. The maximum atomic E-state index is 11.7. The molecule has 0 fully saturated rings. The van der Waals surface area contributed by atoms with Crippen LogP contribution in [0, 0.1) is 0 Å². The molecule has 2 rings (SSSR count). The van der Waals surface area contributed by atoms with E-state index in [0.717, 1.165) is 5.56 Å². The van der Waals surface area contributed by atoms with Crippen LogP contribution in [0.1, 0.15) is 5.56 Å². The second-order valence-corrected chi connectivity index (χ2v) is 3.95. The highest BCUT2D eigenvalue weighted by molar-refractivity contribution is 5.90. The molecule has 0 aliphatic rings. The molecule has 0 atom stereocenters. The van der Waals surface area contributed by atoms with Crippen LogP contribution in [-0.4, -0.2) is 28.5 Å². The van der Waals surface area contributed by atoms with Gasteiger partial charge in [0.05, 0.1) is 6.42 Å². The topological polar surface area (TPSA) is 76.0 Å². The van der Waals surface area contributed by atoms with E-state index in [-0.39, 0.29) is 11.9 Å². The maximum Gasteiger partial charge on any atom is 0.331 e. The van der Waals surface area contributed by atoms with Gasteiger partial charge in [-0.05, 0) is 17.7 Å². The van der Waals surface area contributed by atoms with Crippen LogP contribution in [0.4, 0.5) is 10.5 Å². The summed E-state index contributed by atoms with van der Waals surface area (Å²) in [5.74, 6) is -0.0461. The molecule has 2 amide bonds. The third-order valence-corrected chi connectivity index (χ3v) is 2.59. The summed E-state index contributed by atoms with van der Waals surface area (Å²) >= 11 is 0. The number of amides is 2. The van der Waals surface area contributed by atoms with Crippen LogP contribution in [-0.2, 0) is 11.2 Å². The third-order valence-electron chi connectivity index (χ3n) is 2.59. The Balaban J connectivity index is 1.99. The molecular weight excluding hydrogens is 244 g/mol. The summed E-state index contributed by atoms with van der Waals surface area (Å²) in [5, 5.41) is 5.28. The van der Waals surface area contributed by atoms with Gasteiger partial charge in [0.25, 0.3) is 0 Å². The average Bonchev–Trinajstić information content (AvgIpc) is 2.95. The second-order valence-electron chi connectivity index (χ2n) is 3.95. The van der Waals surface area contributed by atoms with Gasteiger partial charge in [-0.3, -0.25) is 9.36 Å². The Hall–Kier alpha value is -2.63. The molecule has 0 aliphatic heterocycles. The van der Waals surface area contributed by atoms with E-state index >= 15 is 0 Å². The minimum absolute atomic E-state index is 0.0461. The maximum absolute atomic E-state index is 11.7. The van der Waals surface area contributed by atoms with Crippen molar-refractivity contribution in [2.45, 2.75) is 6.42 Å². The molecule has 0 saturated heterocycles. The van der Waals surface area contributed by atoms with Crippen molar-refractivity contribution >= 4 is 17.6 Å². The Morgan fingerprint density at radius 2 is 2.00 bits per heavy atom. The zero-order chi connectivity index (χ0) is 13.7. The summed E-state index contributed by atoms with van der Waals surface area (Å²) in [7, 11) is 1.60. The largest absolute Gasteiger partial charge is 0.359 e. The number of nitrogens with one attached hydrogen (secondary N) is 2. The van der Waals surface area contributed by atoms with Crippen molar-refractivity contribution in [3.8, 4) is 0 Å². The Labute approximate surface area is 110 Å². The van der Waals surface area contributed by atoms with Crippen molar-refractivity contribution in [1.29, 1.82) is 0 Å². The average molecular weight is 258 g/mol. The van der Waals surface area contributed by atoms with E-state index in [0.29, 0.717) is 12.1 Å². The summed E-state index contributed by atoms with van der Waals surface area (Å²) in [5.41, 5.74) is 1.55. The molecule has 1 heterocycles. The van der Waals surface area contributed by atoms with E-state index in [1.54, 1.807) is 37.5 Å². The van der Waals surface area contributed by atoms with E-state index in [1.807, 2.05) is 0 Å². The first-order valence-corrected chi connectivity index (χ1v) is 5.78. The lowest BCUT2D eigenvalue weighted by atomic mass is 10.1. The van der Waals surface area contributed by atoms with Crippen molar-refractivity contribution in [3.05, 3.63) is 48.5 Å². The highest BCUT2D eigenvalue weighted by Crippen LogP contribution is 2.10. The van der Waals surface area contributed by atoms with Crippen LogP contribution in [0.5, 0.6) is 0 Å². The predicted molar refractivity (Wildman–Crippen MR) is 70.9 cm³/mol. The Morgan fingerprint density at radius 3 is 2.58 bits per heavy atom. The third kappa shape index (κ3) is 3.41. The van der Waals surface area contributed by atoms with Crippen molar-refractivity contribution < 1.29 is 9.59 Å². The van der Waals surface area contributed by atoms with Gasteiger partial charge in [-0.2, -0.15) is 0 Å². The van der Waals surface area contributed by atoms with Gasteiger partial charge >= 0.3 is 6.03 Å². The number of hydrogen-bond donors (Lipinski definition) is 2. The molecule has 0 spiro atoms. The number of anilines is 1. The summed E-state index contributed by atoms with van der Waals surface area (Å²) in [6, 6.07) is 6.84. The molecule has 2 aromatic rings. The molecule has 1 aromatic carbocycles. The number of carbonyl (C=O) groups is 2. The van der Waals surface area contributed by atoms with Crippen LogP contribution < -0.4 is 10.6 Å². The van der Waals surface area contributed by atoms with Gasteiger partial charge in [0.15, 0.2) is 0 Å². The van der Waals surface area contributed by atoms with Crippen LogP contribution in [0.25, 0.3) is 0 Å². The number of hydrogen-bond acceptors (Lipinski definition) is 3. The first-order chi connectivity index (χ1) is 9.19. The zero-order valence-electron chi connectivity index (χ0n) is 10.5. The standard InChI is InChI=1S/C13H14N4O2/c1-14-12(18)8-10-2-4-11(5-3-10)16-13(19)17-7-6-15-9-17/h2-7,9H,8H2,1H3,(H,14,18)(H,16,19). The fourth-order valence-corrected chi connectivity index (χ4v) is 1.55. The SMILES string of the molecule is CNC(=O)Cc1ccc(NC(=O)n2ccnc2)cc1. The highest BCUT2D eigenvalue weighted by atomic mass is 16.2. The summed E-state index contributed by atoms with van der Waals surface area (Å²) in [4.78, 5) is 26.7. The Morgan fingerprint density at radius 1 is 1.26 bits per heavy atom. The number of carbonyl (C=O) groups excluding carboxylic acids is 2. The molecule has 0 saturated carbocycles. The van der Waals surface area contributed by atoms with Crippen LogP contribution in [0.2, 0.25) is 0 Å². The lowest BCUT2D eigenvalue weighted by Gasteiger charge is -2.06. The molecule has 6 heteroatoms. The molecular formula is C13H14N4O2. The summed E-state index contributed by atoms with van der Waals surface area (Å²) < 4.78 is 1.35. The fourth-order valence-electron chi connectivity index (χ4n) is 1.55. The number of rotatable bonds is 3. The molecule has 1 aromatic heterocycles. The van der Waals surface area contributed by atoms with E-state index < -0.39 is 0 Å². The molecule has 0 aliphatic carbocycles. The van der Waals surface area contributed by atoms with Gasteiger partial charge in [0.1, 0.15) is 6.33 Å². The number of imidazole rings is 1. The van der Waals surface area contributed by atoms with Gasteiger partial charge in [0.2, 0.25) is 5.91 Å². The van der Waals surface area contributed by atoms with E-state index in [4.69, 9.17) is 0 Å². The van der Waals surface area contributed by atoms with Crippen molar-refractivity contribution in [2.75, 3.05) is 12.4 Å². The molecule has 0 radical (unpaired) electrons. The van der Waals surface area contributed by atoms with Gasteiger partial charge in [-0.25, -0.2) is 9.78 Å². The highest BCUT2D eigenvalue weighted by Gasteiger charge is 2.05. The first-order valence-electron chi connectivity index (χ1n) is 5.78. The normalized spacial score (nSPS) is 9.95. The lowest BCUT2D eigenvalue weighted by Crippen LogP contribution is -2.20. The van der Waals surface area contributed by atoms with Crippen molar-refractivity contribution in [1.82, 2.24) is 14.9 Å². The summed E-state index contributed by atoms with van der Waals surface area (Å²) in [6.07, 6.45) is 4.85. The minimum Gasteiger partial charge on any atom is -0.359 e. The second kappa shape index (κ2) is 5.81. The van der Waals surface area contributed by atoms with E-state index in [2.05, 4.69) is 15.6 Å². The van der Waals surface area contributed by atoms with Gasteiger partial charge < -0.3 is 10.6 Å². The molecule has 98 valence electrons. The van der Waals surface area contributed by atoms with Gasteiger partial charge in [-0.1, -0.05) is 12.1 Å². The summed E-state index contributed by atoms with van der Waals surface area (Å²) in [6.45, 7) is 0. The number of nitrogens with zero attached hydrogens (tertiary/aromatic N) is 2. The molecule has 6 nitrogen and oxygen atoms in total. The zero-order valence-corrected chi connectivity index (χ0v) is 10.5. The van der Waals surface area contributed by atoms with Crippen molar-refractivity contribution in [3.63, 3.8) is 0 Å². The Bertz CT molecular complexity index is 561. The lowest BCUT2D eigenvalue weighted by molar-refractivity contribution is -0.119. The smallest absolute Gasteiger partial charge is 0.331 e. The minimum atomic E-state index is -0.281. The van der Waals surface area contributed by atoms with Crippen molar-refractivity contribution in [2.24, 2.45) is 0 Å². The van der Waals surface area contributed by atoms with E-state index in [1.165, 1.54) is 17.1 Å². The van der Waals surface area contributed by atoms with Crippen LogP contribution in [0.3, 0.4) is 0 Å². The van der Waals surface area contributed by atoms with Gasteiger partial charge in [0, 0.05) is 25.1 Å².